The third kappa shape index (κ3) is 31.3. The van der Waals surface area contributed by atoms with Gasteiger partial charge in [0.1, 0.15) is 0 Å². The minimum absolute atomic E-state index is 0.0181. The molecule has 5 nitrogen and oxygen atoms in total. The summed E-state index contributed by atoms with van der Waals surface area (Å²) in [7, 11) is 0. The zero-order valence-corrected chi connectivity index (χ0v) is 30.1. The molecule has 0 rings (SSSR count). The molecule has 264 valence electrons. The van der Waals surface area contributed by atoms with Gasteiger partial charge in [-0.05, 0) is 57.5 Å². The van der Waals surface area contributed by atoms with Crippen LogP contribution in [0.1, 0.15) is 201 Å². The maximum absolute atomic E-state index is 11.8. The summed E-state index contributed by atoms with van der Waals surface area (Å²) in [4.78, 5) is 14.3. The minimum atomic E-state index is -0.240. The number of carbonyl (C=O) groups excluding carboxylic acids is 1. The molecule has 0 spiro atoms. The van der Waals surface area contributed by atoms with E-state index in [-0.39, 0.29) is 18.7 Å². The summed E-state index contributed by atoms with van der Waals surface area (Å²) in [6.07, 6.45) is 33.1. The van der Waals surface area contributed by atoms with Crippen molar-refractivity contribution < 1.29 is 19.7 Å². The fourth-order valence-electron chi connectivity index (χ4n) is 6.40. The Morgan fingerprint density at radius 1 is 0.591 bits per heavy atom. The number of unbranched alkanes of at least 4 members (excludes halogenated alkanes) is 19. The fraction of sp³-hybridized carbons (Fsp3) is 0.974. The summed E-state index contributed by atoms with van der Waals surface area (Å²) < 4.78 is 5.40. The Bertz CT molecular complexity index is 572. The Kier molecular flexibility index (Phi) is 34.7. The van der Waals surface area contributed by atoms with E-state index in [9.17, 15) is 15.0 Å². The van der Waals surface area contributed by atoms with Crippen LogP contribution in [-0.2, 0) is 9.53 Å². The van der Waals surface area contributed by atoms with Crippen LogP contribution in [0, 0.1) is 5.92 Å². The molecule has 0 amide bonds. The van der Waals surface area contributed by atoms with Gasteiger partial charge in [-0.2, -0.15) is 0 Å². The van der Waals surface area contributed by atoms with Gasteiger partial charge in [0.2, 0.25) is 0 Å². The Balaban J connectivity index is 4.24. The molecule has 0 radical (unpaired) electrons. The third-order valence-corrected chi connectivity index (χ3v) is 9.25. The molecule has 0 aromatic rings. The molecular weight excluding hydrogens is 546 g/mol. The molecule has 44 heavy (non-hydrogen) atoms. The van der Waals surface area contributed by atoms with Crippen molar-refractivity contribution in [1.29, 1.82) is 0 Å². The highest BCUT2D eigenvalue weighted by Gasteiger charge is 2.17. The third-order valence-electron chi connectivity index (χ3n) is 9.25. The lowest BCUT2D eigenvalue weighted by atomic mass is 9.89. The van der Waals surface area contributed by atoms with Crippen molar-refractivity contribution in [3.63, 3.8) is 0 Å². The lowest BCUT2D eigenvalue weighted by Crippen LogP contribution is -2.35. The molecule has 0 aliphatic heterocycles. The van der Waals surface area contributed by atoms with Crippen LogP contribution in [0.3, 0.4) is 0 Å². The van der Waals surface area contributed by atoms with Crippen LogP contribution in [0.25, 0.3) is 0 Å². The number of aliphatic hydroxyl groups is 2. The van der Waals surface area contributed by atoms with Crippen molar-refractivity contribution in [2.75, 3.05) is 32.8 Å². The van der Waals surface area contributed by atoms with Gasteiger partial charge in [-0.3, -0.25) is 4.79 Å². The topological polar surface area (TPSA) is 70.0 Å². The van der Waals surface area contributed by atoms with E-state index in [0.29, 0.717) is 18.9 Å². The predicted octanol–water partition coefficient (Wildman–Crippen LogP) is 10.8. The Morgan fingerprint density at radius 2 is 1.05 bits per heavy atom. The van der Waals surface area contributed by atoms with Gasteiger partial charge in [0.25, 0.3) is 0 Å². The molecular formula is C39H79NO4. The first-order valence-electron chi connectivity index (χ1n) is 19.7. The van der Waals surface area contributed by atoms with Gasteiger partial charge in [0.05, 0.1) is 12.7 Å². The molecule has 1 unspecified atom stereocenters. The molecule has 0 saturated carbocycles. The number of hydrogen-bond acceptors (Lipinski definition) is 5. The smallest absolute Gasteiger partial charge is 0.305 e. The summed E-state index contributed by atoms with van der Waals surface area (Å²) in [6, 6.07) is 0. The number of aliphatic hydroxyl groups excluding tert-OH is 2. The molecule has 5 heteroatoms. The van der Waals surface area contributed by atoms with E-state index in [0.717, 1.165) is 64.6 Å². The first-order chi connectivity index (χ1) is 21.6. The highest BCUT2D eigenvalue weighted by molar-refractivity contribution is 5.69. The summed E-state index contributed by atoms with van der Waals surface area (Å²) >= 11 is 0. The molecule has 0 fully saturated rings. The van der Waals surface area contributed by atoms with Crippen LogP contribution in [0.4, 0.5) is 0 Å². The quantitative estimate of drug-likeness (QED) is 0.0535. The number of rotatable bonds is 36. The average molecular weight is 626 g/mol. The molecule has 2 atom stereocenters. The zero-order chi connectivity index (χ0) is 32.4. The van der Waals surface area contributed by atoms with Gasteiger partial charge in [0, 0.05) is 19.6 Å². The standard InChI is InChI=1S/C39H79NO4/c1-4-7-10-13-18-22-29-37(28-21-12-9-6-3)35-38(42)36-40(32-25-26-33-41)31-24-19-15-14-16-20-27-34-44-39(43)30-23-17-11-8-5-2/h37-38,41-42H,4-36H2,1-3H3/t37?,38-/m1/s1. The SMILES string of the molecule is CCCCCCCCC(CCCCCC)C[C@@H](O)CN(CCCCO)CCCCCCCCCOC(=O)CCCCCCC. The normalized spacial score (nSPS) is 13.0. The first-order valence-corrected chi connectivity index (χ1v) is 19.7. The van der Waals surface area contributed by atoms with Crippen LogP contribution in [-0.4, -0.2) is 60.0 Å². The summed E-state index contributed by atoms with van der Waals surface area (Å²) in [6.45, 7) is 10.4. The molecule has 0 aromatic carbocycles. The van der Waals surface area contributed by atoms with Crippen LogP contribution < -0.4 is 0 Å². The molecule has 0 saturated heterocycles. The zero-order valence-electron chi connectivity index (χ0n) is 30.1. The summed E-state index contributed by atoms with van der Waals surface area (Å²) in [5.41, 5.74) is 0. The Hall–Kier alpha value is -0.650. The van der Waals surface area contributed by atoms with Crippen molar-refractivity contribution in [3.8, 4) is 0 Å². The summed E-state index contributed by atoms with van der Waals surface area (Å²) in [5.74, 6) is 0.641. The highest BCUT2D eigenvalue weighted by atomic mass is 16.5. The van der Waals surface area contributed by atoms with E-state index in [4.69, 9.17) is 4.74 Å². The largest absolute Gasteiger partial charge is 0.466 e. The predicted molar refractivity (Wildman–Crippen MR) is 190 cm³/mol. The highest BCUT2D eigenvalue weighted by Crippen LogP contribution is 2.24. The second-order valence-corrected chi connectivity index (χ2v) is 13.8. The molecule has 0 aliphatic rings. The van der Waals surface area contributed by atoms with Crippen LogP contribution in [0.5, 0.6) is 0 Å². The monoisotopic (exact) mass is 626 g/mol. The maximum Gasteiger partial charge on any atom is 0.305 e. The Labute approximate surface area is 275 Å². The van der Waals surface area contributed by atoms with Gasteiger partial charge < -0.3 is 19.8 Å². The van der Waals surface area contributed by atoms with Crippen LogP contribution in [0.15, 0.2) is 0 Å². The maximum atomic E-state index is 11.8. The van der Waals surface area contributed by atoms with Gasteiger partial charge in [-0.1, -0.05) is 156 Å². The lowest BCUT2D eigenvalue weighted by Gasteiger charge is -2.27. The molecule has 0 aliphatic carbocycles. The van der Waals surface area contributed by atoms with Gasteiger partial charge in [-0.15, -0.1) is 0 Å². The number of esters is 1. The fourth-order valence-corrected chi connectivity index (χ4v) is 6.40. The van der Waals surface area contributed by atoms with E-state index in [2.05, 4.69) is 25.7 Å². The van der Waals surface area contributed by atoms with Crippen molar-refractivity contribution in [1.82, 2.24) is 4.90 Å². The van der Waals surface area contributed by atoms with Crippen molar-refractivity contribution in [2.24, 2.45) is 5.92 Å². The van der Waals surface area contributed by atoms with Gasteiger partial charge in [0.15, 0.2) is 0 Å². The van der Waals surface area contributed by atoms with E-state index >= 15 is 0 Å². The van der Waals surface area contributed by atoms with Crippen LogP contribution >= 0.6 is 0 Å². The van der Waals surface area contributed by atoms with Gasteiger partial charge >= 0.3 is 5.97 Å². The van der Waals surface area contributed by atoms with E-state index in [1.807, 2.05) is 0 Å². The second-order valence-electron chi connectivity index (χ2n) is 13.8. The first kappa shape index (κ1) is 43.4. The van der Waals surface area contributed by atoms with Crippen molar-refractivity contribution in [2.45, 2.75) is 207 Å². The van der Waals surface area contributed by atoms with Crippen LogP contribution in [0.2, 0.25) is 0 Å². The number of carbonyl (C=O) groups is 1. The number of ether oxygens (including phenoxy) is 1. The second kappa shape index (κ2) is 35.2. The minimum Gasteiger partial charge on any atom is -0.466 e. The molecule has 2 N–H and O–H groups in total. The Morgan fingerprint density at radius 3 is 1.61 bits per heavy atom. The molecule has 0 heterocycles. The molecule has 0 bridgehead atoms. The lowest BCUT2D eigenvalue weighted by molar-refractivity contribution is -0.143. The van der Waals surface area contributed by atoms with Crippen molar-refractivity contribution >= 4 is 5.97 Å². The van der Waals surface area contributed by atoms with E-state index in [1.165, 1.54) is 128 Å². The summed E-state index contributed by atoms with van der Waals surface area (Å²) in [5, 5.41) is 20.4. The van der Waals surface area contributed by atoms with E-state index in [1.54, 1.807) is 0 Å². The number of nitrogens with zero attached hydrogens (tertiary/aromatic N) is 1. The molecule has 0 aromatic heterocycles. The van der Waals surface area contributed by atoms with Crippen molar-refractivity contribution in [3.05, 3.63) is 0 Å². The number of hydrogen-bond donors (Lipinski definition) is 2. The van der Waals surface area contributed by atoms with E-state index < -0.39 is 0 Å². The average Bonchev–Trinajstić information content (AvgIpc) is 3.01. The van der Waals surface area contributed by atoms with Gasteiger partial charge in [-0.25, -0.2) is 0 Å².